The van der Waals surface area contributed by atoms with Crippen molar-refractivity contribution < 1.29 is 4.74 Å². The van der Waals surface area contributed by atoms with Gasteiger partial charge in [0.25, 0.3) is 0 Å². The summed E-state index contributed by atoms with van der Waals surface area (Å²) in [7, 11) is 1.77. The number of methoxy groups -OCH3 is 1. The number of aryl methyl sites for hydroxylation is 2. The highest BCUT2D eigenvalue weighted by atomic mass is 16.5. The maximum absolute atomic E-state index is 5.16. The van der Waals surface area contributed by atoms with Crippen LogP contribution in [0.3, 0.4) is 0 Å². The van der Waals surface area contributed by atoms with E-state index < -0.39 is 0 Å². The van der Waals surface area contributed by atoms with Crippen LogP contribution in [-0.4, -0.2) is 26.8 Å². The molecule has 1 aliphatic rings. The second-order valence-electron chi connectivity index (χ2n) is 4.17. The molecule has 0 amide bonds. The summed E-state index contributed by atoms with van der Waals surface area (Å²) >= 11 is 0. The molecular weight excluding hydrogens is 186 g/mol. The summed E-state index contributed by atoms with van der Waals surface area (Å²) < 4.78 is 5.16. The van der Waals surface area contributed by atoms with Crippen LogP contribution in [0.15, 0.2) is 18.2 Å². The molecule has 0 radical (unpaired) electrons. The van der Waals surface area contributed by atoms with Crippen molar-refractivity contribution in [1.82, 2.24) is 0 Å². The van der Waals surface area contributed by atoms with Crippen LogP contribution in [0.2, 0.25) is 0 Å². The van der Waals surface area contributed by atoms with Gasteiger partial charge in [0.2, 0.25) is 0 Å². The van der Waals surface area contributed by atoms with Crippen molar-refractivity contribution in [2.75, 3.05) is 31.7 Å². The highest BCUT2D eigenvalue weighted by Crippen LogP contribution is 2.29. The molecule has 0 saturated carbocycles. The quantitative estimate of drug-likeness (QED) is 0.751. The van der Waals surface area contributed by atoms with Crippen LogP contribution in [0.5, 0.6) is 0 Å². The first-order valence-corrected chi connectivity index (χ1v) is 5.65. The van der Waals surface area contributed by atoms with Gasteiger partial charge in [0.05, 0.1) is 6.61 Å². The number of rotatable bonds is 3. The van der Waals surface area contributed by atoms with Crippen molar-refractivity contribution in [2.24, 2.45) is 0 Å². The third-order valence-corrected chi connectivity index (χ3v) is 3.08. The van der Waals surface area contributed by atoms with E-state index in [1.54, 1.807) is 7.11 Å². The minimum absolute atomic E-state index is 0.813. The summed E-state index contributed by atoms with van der Waals surface area (Å²) in [6, 6.07) is 6.61. The van der Waals surface area contributed by atoms with Gasteiger partial charge in [-0.05, 0) is 30.9 Å². The Labute approximate surface area is 91.9 Å². The molecular formula is C13H19NO. The SMILES string of the molecule is COCCN1CCCc2cccc(C)c21. The summed E-state index contributed by atoms with van der Waals surface area (Å²) in [6.07, 6.45) is 2.49. The molecule has 0 bridgehead atoms. The van der Waals surface area contributed by atoms with Gasteiger partial charge in [-0.2, -0.15) is 0 Å². The van der Waals surface area contributed by atoms with E-state index in [-0.39, 0.29) is 0 Å². The van der Waals surface area contributed by atoms with Crippen molar-refractivity contribution in [3.05, 3.63) is 29.3 Å². The third-order valence-electron chi connectivity index (χ3n) is 3.08. The van der Waals surface area contributed by atoms with Gasteiger partial charge in [0.1, 0.15) is 0 Å². The molecule has 1 aliphatic heterocycles. The standard InChI is InChI=1S/C13H19NO/c1-11-5-3-6-12-7-4-8-14(13(11)12)9-10-15-2/h3,5-6H,4,7-10H2,1-2H3. The fraction of sp³-hybridized carbons (Fsp3) is 0.538. The highest BCUT2D eigenvalue weighted by molar-refractivity contribution is 5.60. The van der Waals surface area contributed by atoms with Crippen molar-refractivity contribution in [3.63, 3.8) is 0 Å². The lowest BCUT2D eigenvalue weighted by atomic mass is 9.98. The molecule has 82 valence electrons. The first-order valence-electron chi connectivity index (χ1n) is 5.65. The minimum Gasteiger partial charge on any atom is -0.383 e. The van der Waals surface area contributed by atoms with E-state index in [1.165, 1.54) is 36.2 Å². The van der Waals surface area contributed by atoms with Crippen LogP contribution in [0, 0.1) is 6.92 Å². The maximum atomic E-state index is 5.16. The van der Waals surface area contributed by atoms with Gasteiger partial charge in [0, 0.05) is 25.9 Å². The van der Waals surface area contributed by atoms with E-state index in [0.29, 0.717) is 0 Å². The summed E-state index contributed by atoms with van der Waals surface area (Å²) in [4.78, 5) is 2.46. The molecule has 2 nitrogen and oxygen atoms in total. The van der Waals surface area contributed by atoms with Crippen LogP contribution in [0.4, 0.5) is 5.69 Å². The number of para-hydroxylation sites is 1. The number of anilines is 1. The zero-order valence-corrected chi connectivity index (χ0v) is 9.62. The van der Waals surface area contributed by atoms with Crippen molar-refractivity contribution in [2.45, 2.75) is 19.8 Å². The zero-order valence-electron chi connectivity index (χ0n) is 9.62. The van der Waals surface area contributed by atoms with Crippen molar-refractivity contribution in [3.8, 4) is 0 Å². The van der Waals surface area contributed by atoms with E-state index >= 15 is 0 Å². The Morgan fingerprint density at radius 2 is 2.27 bits per heavy atom. The number of hydrogen-bond acceptors (Lipinski definition) is 2. The van der Waals surface area contributed by atoms with Gasteiger partial charge in [-0.25, -0.2) is 0 Å². The van der Waals surface area contributed by atoms with Gasteiger partial charge < -0.3 is 9.64 Å². The Kier molecular flexibility index (Phi) is 3.27. The second-order valence-corrected chi connectivity index (χ2v) is 4.17. The van der Waals surface area contributed by atoms with Crippen LogP contribution in [0.25, 0.3) is 0 Å². The molecule has 0 spiro atoms. The first kappa shape index (κ1) is 10.5. The first-order chi connectivity index (χ1) is 7.33. The molecule has 0 unspecified atom stereocenters. The fourth-order valence-corrected chi connectivity index (χ4v) is 2.37. The molecule has 0 N–H and O–H groups in total. The Hall–Kier alpha value is -1.02. The number of ether oxygens (including phenoxy) is 1. The van der Waals surface area contributed by atoms with Crippen molar-refractivity contribution >= 4 is 5.69 Å². The Morgan fingerprint density at radius 1 is 1.40 bits per heavy atom. The van der Waals surface area contributed by atoms with E-state index in [2.05, 4.69) is 30.0 Å². The summed E-state index contributed by atoms with van der Waals surface area (Å²) in [5.74, 6) is 0. The minimum atomic E-state index is 0.813. The molecule has 1 aromatic rings. The highest BCUT2D eigenvalue weighted by Gasteiger charge is 2.17. The normalized spacial score (nSPS) is 15.2. The monoisotopic (exact) mass is 205 g/mol. The lowest BCUT2D eigenvalue weighted by molar-refractivity contribution is 0.205. The number of fused-ring (bicyclic) bond motifs is 1. The molecule has 0 saturated heterocycles. The topological polar surface area (TPSA) is 12.5 Å². The van der Waals surface area contributed by atoms with Crippen LogP contribution < -0.4 is 4.90 Å². The molecule has 0 atom stereocenters. The smallest absolute Gasteiger partial charge is 0.0637 e. The van der Waals surface area contributed by atoms with Crippen LogP contribution in [-0.2, 0) is 11.2 Å². The van der Waals surface area contributed by atoms with Gasteiger partial charge in [0.15, 0.2) is 0 Å². The summed E-state index contributed by atoms with van der Waals surface area (Å²) in [5, 5.41) is 0. The third kappa shape index (κ3) is 2.15. The van der Waals surface area contributed by atoms with E-state index in [0.717, 1.165) is 13.2 Å². The molecule has 2 heteroatoms. The molecule has 1 heterocycles. The van der Waals surface area contributed by atoms with Gasteiger partial charge in [-0.3, -0.25) is 0 Å². The Bertz CT molecular complexity index is 335. The summed E-state index contributed by atoms with van der Waals surface area (Å²) in [6.45, 7) is 5.19. The molecule has 1 aromatic carbocycles. The lowest BCUT2D eigenvalue weighted by Gasteiger charge is -2.32. The molecule has 15 heavy (non-hydrogen) atoms. The zero-order chi connectivity index (χ0) is 10.7. The molecule has 0 aromatic heterocycles. The second kappa shape index (κ2) is 4.67. The molecule has 0 fully saturated rings. The fourth-order valence-electron chi connectivity index (χ4n) is 2.37. The largest absolute Gasteiger partial charge is 0.383 e. The number of hydrogen-bond donors (Lipinski definition) is 0. The predicted molar refractivity (Wildman–Crippen MR) is 63.6 cm³/mol. The Balaban J connectivity index is 2.24. The number of nitrogens with zero attached hydrogens (tertiary/aromatic N) is 1. The summed E-state index contributed by atoms with van der Waals surface area (Å²) in [5.41, 5.74) is 4.33. The van der Waals surface area contributed by atoms with Gasteiger partial charge in [-0.1, -0.05) is 18.2 Å². The van der Waals surface area contributed by atoms with Crippen molar-refractivity contribution in [1.29, 1.82) is 0 Å². The van der Waals surface area contributed by atoms with E-state index in [4.69, 9.17) is 4.74 Å². The lowest BCUT2D eigenvalue weighted by Crippen LogP contribution is -2.32. The average Bonchev–Trinajstić information content (AvgIpc) is 2.26. The molecule has 2 rings (SSSR count). The van der Waals surface area contributed by atoms with Crippen LogP contribution >= 0.6 is 0 Å². The van der Waals surface area contributed by atoms with E-state index in [1.807, 2.05) is 0 Å². The van der Waals surface area contributed by atoms with Gasteiger partial charge in [-0.15, -0.1) is 0 Å². The average molecular weight is 205 g/mol. The number of benzene rings is 1. The predicted octanol–water partition coefficient (Wildman–Crippen LogP) is 2.39. The Morgan fingerprint density at radius 3 is 3.07 bits per heavy atom. The molecule has 0 aliphatic carbocycles. The van der Waals surface area contributed by atoms with E-state index in [9.17, 15) is 0 Å². The van der Waals surface area contributed by atoms with Crippen LogP contribution in [0.1, 0.15) is 17.5 Å². The van der Waals surface area contributed by atoms with Gasteiger partial charge >= 0.3 is 0 Å². The maximum Gasteiger partial charge on any atom is 0.0637 e.